The molecule has 0 radical (unpaired) electrons. The highest BCUT2D eigenvalue weighted by atomic mass is 16.7. The van der Waals surface area contributed by atoms with Crippen LogP contribution >= 0.6 is 0 Å². The number of carbonyl (C=O) groups excluding carboxylic acids is 3. The lowest BCUT2D eigenvalue weighted by molar-refractivity contribution is -0.206. The summed E-state index contributed by atoms with van der Waals surface area (Å²) in [5, 5.41) is 0. The summed E-state index contributed by atoms with van der Waals surface area (Å²) in [4.78, 5) is 35.6. The van der Waals surface area contributed by atoms with Crippen LogP contribution < -0.4 is 0 Å². The molecule has 148 valence electrons. The Hall–Kier alpha value is -2.49. The third-order valence-electron chi connectivity index (χ3n) is 4.72. The summed E-state index contributed by atoms with van der Waals surface area (Å²) in [7, 11) is 0. The molecule has 0 amide bonds. The minimum Gasteiger partial charge on any atom is -0.458 e. The Morgan fingerprint density at radius 3 is 2.52 bits per heavy atom. The zero-order chi connectivity index (χ0) is 20.1. The topological polar surface area (TPSA) is 88.1 Å². The van der Waals surface area contributed by atoms with Gasteiger partial charge in [0.2, 0.25) is 5.79 Å². The fourth-order valence-electron chi connectivity index (χ4n) is 3.55. The molecule has 1 saturated carbocycles. The zero-order valence-corrected chi connectivity index (χ0v) is 16.0. The molecular weight excluding hydrogens is 352 g/mol. The highest BCUT2D eigenvalue weighted by Crippen LogP contribution is 2.40. The van der Waals surface area contributed by atoms with E-state index < -0.39 is 29.3 Å². The van der Waals surface area contributed by atoms with Gasteiger partial charge in [0.15, 0.2) is 5.60 Å². The van der Waals surface area contributed by atoms with Crippen LogP contribution in [-0.4, -0.2) is 35.9 Å². The highest BCUT2D eigenvalue weighted by Gasteiger charge is 2.44. The van der Waals surface area contributed by atoms with E-state index in [9.17, 15) is 14.4 Å². The number of hydrogen-bond donors (Lipinski definition) is 0. The van der Waals surface area contributed by atoms with E-state index in [4.69, 9.17) is 25.4 Å². The quantitative estimate of drug-likeness (QED) is 0.304. The molecule has 7 nitrogen and oxygen atoms in total. The van der Waals surface area contributed by atoms with Crippen molar-refractivity contribution < 1.29 is 33.3 Å². The van der Waals surface area contributed by atoms with Crippen molar-refractivity contribution in [2.75, 3.05) is 6.61 Å². The second kappa shape index (κ2) is 8.47. The average molecular weight is 378 g/mol. The first kappa shape index (κ1) is 20.8. The molecule has 1 unspecified atom stereocenters. The van der Waals surface area contributed by atoms with E-state index in [1.54, 1.807) is 20.8 Å². The monoisotopic (exact) mass is 378 g/mol. The number of hydrogen-bond acceptors (Lipinski definition) is 7. The van der Waals surface area contributed by atoms with Crippen molar-refractivity contribution in [3.05, 3.63) is 11.8 Å². The van der Waals surface area contributed by atoms with Crippen LogP contribution in [0.15, 0.2) is 11.8 Å². The van der Waals surface area contributed by atoms with Gasteiger partial charge in [-0.1, -0.05) is 18.8 Å². The van der Waals surface area contributed by atoms with Crippen molar-refractivity contribution in [3.8, 4) is 12.3 Å². The molecule has 1 heterocycles. The van der Waals surface area contributed by atoms with Gasteiger partial charge in [0.05, 0.1) is 12.7 Å². The summed E-state index contributed by atoms with van der Waals surface area (Å²) in [5.74, 6) is -0.791. The molecule has 0 saturated heterocycles. The maximum atomic E-state index is 12.2. The summed E-state index contributed by atoms with van der Waals surface area (Å²) in [5.41, 5.74) is -1.25. The highest BCUT2D eigenvalue weighted by molar-refractivity contribution is 6.29. The van der Waals surface area contributed by atoms with Gasteiger partial charge >= 0.3 is 17.9 Å². The lowest BCUT2D eigenvalue weighted by Crippen LogP contribution is -2.43. The second-order valence-electron chi connectivity index (χ2n) is 7.16. The molecule has 0 aromatic carbocycles. The molecule has 0 spiro atoms. The lowest BCUT2D eigenvalue weighted by atomic mass is 9.82. The van der Waals surface area contributed by atoms with Crippen molar-refractivity contribution >= 4 is 17.9 Å². The fraction of sp³-hybridized carbons (Fsp3) is 0.650. The number of ether oxygens (including phenoxy) is 4. The number of cyclic esters (lactones) is 1. The van der Waals surface area contributed by atoms with Gasteiger partial charge in [0, 0.05) is 32.6 Å². The van der Waals surface area contributed by atoms with Crippen molar-refractivity contribution in [1.82, 2.24) is 0 Å². The predicted octanol–water partition coefficient (Wildman–Crippen LogP) is 2.63. The molecule has 2 aliphatic rings. The Labute approximate surface area is 159 Å². The van der Waals surface area contributed by atoms with Gasteiger partial charge in [-0.05, 0) is 19.8 Å². The largest absolute Gasteiger partial charge is 0.458 e. The summed E-state index contributed by atoms with van der Waals surface area (Å²) in [6.45, 7) is 4.93. The molecular formula is C20H26O7. The Balaban J connectivity index is 2.17. The molecule has 1 fully saturated rings. The van der Waals surface area contributed by atoms with Crippen LogP contribution in [0.5, 0.6) is 0 Å². The average Bonchev–Trinajstić information content (AvgIpc) is 3.12. The molecule has 0 aromatic heterocycles. The molecule has 0 bridgehead atoms. The van der Waals surface area contributed by atoms with Crippen LogP contribution in [0.3, 0.4) is 0 Å². The third-order valence-corrected chi connectivity index (χ3v) is 4.72. The van der Waals surface area contributed by atoms with E-state index >= 15 is 0 Å². The first-order valence-corrected chi connectivity index (χ1v) is 9.22. The molecule has 0 aromatic rings. The van der Waals surface area contributed by atoms with Crippen LogP contribution in [-0.2, 0) is 33.3 Å². The minimum atomic E-state index is -1.25. The van der Waals surface area contributed by atoms with Gasteiger partial charge in [-0.25, -0.2) is 14.4 Å². The Bertz CT molecular complexity index is 664. The van der Waals surface area contributed by atoms with Crippen LogP contribution in [0.4, 0.5) is 0 Å². The smallest absolute Gasteiger partial charge is 0.419 e. The van der Waals surface area contributed by atoms with Crippen LogP contribution in [0.2, 0.25) is 0 Å². The molecule has 7 heteroatoms. The Morgan fingerprint density at radius 1 is 1.30 bits per heavy atom. The lowest BCUT2D eigenvalue weighted by Gasteiger charge is -2.35. The van der Waals surface area contributed by atoms with Crippen molar-refractivity contribution in [2.24, 2.45) is 5.92 Å². The number of esters is 3. The molecule has 0 N–H and O–H groups in total. The summed E-state index contributed by atoms with van der Waals surface area (Å²) < 4.78 is 20.9. The normalized spacial score (nSPS) is 21.1. The standard InChI is InChI=1S/C20H26O7/c1-5-20(14-9-7-8-10-14,27-18(23)17(22)24-6-2)12-11-15-13-16(21)26-19(3,4)25-15/h1,13-14H,6-12H2,2-4H3. The van der Waals surface area contributed by atoms with Crippen LogP contribution in [0.25, 0.3) is 0 Å². The Kier molecular flexibility index (Phi) is 6.53. The fourth-order valence-corrected chi connectivity index (χ4v) is 3.55. The van der Waals surface area contributed by atoms with Crippen molar-refractivity contribution in [3.63, 3.8) is 0 Å². The van der Waals surface area contributed by atoms with Crippen LogP contribution in [0.1, 0.15) is 59.3 Å². The molecule has 2 rings (SSSR count). The molecule has 27 heavy (non-hydrogen) atoms. The van der Waals surface area contributed by atoms with Gasteiger partial charge in [-0.15, -0.1) is 6.42 Å². The maximum Gasteiger partial charge on any atom is 0.419 e. The number of terminal acetylenes is 1. The van der Waals surface area contributed by atoms with Gasteiger partial charge < -0.3 is 18.9 Å². The second-order valence-corrected chi connectivity index (χ2v) is 7.16. The van der Waals surface area contributed by atoms with Crippen molar-refractivity contribution in [2.45, 2.75) is 70.7 Å². The van der Waals surface area contributed by atoms with Gasteiger partial charge in [-0.2, -0.15) is 0 Å². The molecule has 1 aliphatic heterocycles. The molecule has 1 aliphatic carbocycles. The van der Waals surface area contributed by atoms with E-state index in [-0.39, 0.29) is 25.4 Å². The minimum absolute atomic E-state index is 0.0648. The van der Waals surface area contributed by atoms with E-state index in [0.29, 0.717) is 5.76 Å². The Morgan fingerprint density at radius 2 is 1.96 bits per heavy atom. The molecule has 1 atom stereocenters. The number of allylic oxidation sites excluding steroid dienone is 1. The van der Waals surface area contributed by atoms with Crippen molar-refractivity contribution in [1.29, 1.82) is 0 Å². The van der Waals surface area contributed by atoms with E-state index in [0.717, 1.165) is 25.7 Å². The van der Waals surface area contributed by atoms with Gasteiger partial charge in [0.1, 0.15) is 5.76 Å². The zero-order valence-electron chi connectivity index (χ0n) is 16.0. The predicted molar refractivity (Wildman–Crippen MR) is 94.8 cm³/mol. The van der Waals surface area contributed by atoms with Gasteiger partial charge in [0.25, 0.3) is 0 Å². The van der Waals surface area contributed by atoms with Gasteiger partial charge in [-0.3, -0.25) is 0 Å². The van der Waals surface area contributed by atoms with Crippen LogP contribution in [0, 0.1) is 18.3 Å². The summed E-state index contributed by atoms with van der Waals surface area (Å²) in [6.07, 6.45) is 11.1. The SMILES string of the molecule is C#CC(CCC1=CC(=O)OC(C)(C)O1)(OC(=O)C(=O)OCC)C1CCCC1. The first-order valence-electron chi connectivity index (χ1n) is 9.22. The van der Waals surface area contributed by atoms with E-state index in [1.165, 1.54) is 6.08 Å². The van der Waals surface area contributed by atoms with E-state index in [1.807, 2.05) is 0 Å². The third kappa shape index (κ3) is 5.25. The summed E-state index contributed by atoms with van der Waals surface area (Å²) >= 11 is 0. The number of rotatable bonds is 6. The summed E-state index contributed by atoms with van der Waals surface area (Å²) in [6, 6.07) is 0. The maximum absolute atomic E-state index is 12.2. The van der Waals surface area contributed by atoms with E-state index in [2.05, 4.69) is 5.92 Å². The number of carbonyl (C=O) groups is 3. The first-order chi connectivity index (χ1) is 12.7.